The van der Waals surface area contributed by atoms with E-state index in [9.17, 15) is 22.8 Å². The molecule has 33 heavy (non-hydrogen) atoms. The van der Waals surface area contributed by atoms with Crippen molar-refractivity contribution < 1.29 is 27.2 Å². The summed E-state index contributed by atoms with van der Waals surface area (Å²) in [5, 5.41) is 2.78. The van der Waals surface area contributed by atoms with Crippen LogP contribution < -0.4 is 5.32 Å². The third-order valence-electron chi connectivity index (χ3n) is 5.40. The zero-order valence-electron chi connectivity index (χ0n) is 18.1. The topological polar surface area (TPSA) is 65.8 Å². The first-order valence-electron chi connectivity index (χ1n) is 10.3. The second-order valence-electron chi connectivity index (χ2n) is 8.02. The van der Waals surface area contributed by atoms with Crippen molar-refractivity contribution in [1.29, 1.82) is 0 Å². The molecule has 0 fully saturated rings. The first-order chi connectivity index (χ1) is 15.6. The number of carbonyl (C=O) groups excluding carboxylic acids is 2. The largest absolute Gasteiger partial charge is 0.461 e. The summed E-state index contributed by atoms with van der Waals surface area (Å²) in [6.45, 7) is 0.582. The normalized spacial score (nSPS) is 13.4. The lowest BCUT2D eigenvalue weighted by molar-refractivity contribution is -0.137. The van der Waals surface area contributed by atoms with Crippen molar-refractivity contribution in [2.75, 3.05) is 26.0 Å². The number of rotatable bonds is 3. The number of nitrogens with zero attached hydrogens (tertiary/aromatic N) is 2. The van der Waals surface area contributed by atoms with Crippen LogP contribution in [0.25, 0.3) is 11.3 Å². The van der Waals surface area contributed by atoms with E-state index in [0.29, 0.717) is 24.4 Å². The third kappa shape index (κ3) is 4.87. The maximum atomic E-state index is 13.0. The van der Waals surface area contributed by atoms with Gasteiger partial charge in [0.05, 0.1) is 5.56 Å². The number of fused-ring (bicyclic) bond motifs is 1. The second kappa shape index (κ2) is 8.65. The SMILES string of the molecule is CN(C)C(=O)Nc1cccc(-c2cc3c(o2)CCN(C(=O)c2cccc(C(F)(F)F)c2)C3)c1. The Hall–Kier alpha value is -3.75. The van der Waals surface area contributed by atoms with Gasteiger partial charge in [0, 0.05) is 56.0 Å². The van der Waals surface area contributed by atoms with Gasteiger partial charge in [-0.3, -0.25) is 4.79 Å². The number of amides is 3. The first kappa shape index (κ1) is 22.4. The van der Waals surface area contributed by atoms with E-state index in [0.717, 1.165) is 29.0 Å². The van der Waals surface area contributed by atoms with Crippen molar-refractivity contribution in [1.82, 2.24) is 9.80 Å². The number of hydrogen-bond acceptors (Lipinski definition) is 3. The minimum atomic E-state index is -4.51. The molecule has 3 aromatic rings. The van der Waals surface area contributed by atoms with Gasteiger partial charge in [0.15, 0.2) is 0 Å². The van der Waals surface area contributed by atoms with Crippen LogP contribution in [0, 0.1) is 0 Å². The molecule has 0 aliphatic carbocycles. The number of carbonyl (C=O) groups is 2. The summed E-state index contributed by atoms with van der Waals surface area (Å²) in [5.41, 5.74) is 1.33. The Morgan fingerprint density at radius 3 is 2.55 bits per heavy atom. The zero-order valence-corrected chi connectivity index (χ0v) is 18.1. The molecule has 4 rings (SSSR count). The number of benzene rings is 2. The quantitative estimate of drug-likeness (QED) is 0.584. The average Bonchev–Trinajstić information content (AvgIpc) is 3.22. The van der Waals surface area contributed by atoms with E-state index in [1.165, 1.54) is 21.9 Å². The highest BCUT2D eigenvalue weighted by atomic mass is 19.4. The summed E-state index contributed by atoms with van der Waals surface area (Å²) in [5.74, 6) is 0.873. The highest BCUT2D eigenvalue weighted by molar-refractivity contribution is 5.94. The molecule has 172 valence electrons. The van der Waals surface area contributed by atoms with Crippen molar-refractivity contribution in [3.8, 4) is 11.3 Å². The molecule has 2 heterocycles. The zero-order chi connectivity index (χ0) is 23.8. The van der Waals surface area contributed by atoms with Crippen molar-refractivity contribution in [2.45, 2.75) is 19.1 Å². The number of alkyl halides is 3. The Bertz CT molecular complexity index is 1200. The molecule has 0 spiro atoms. The summed E-state index contributed by atoms with van der Waals surface area (Å²) >= 11 is 0. The maximum absolute atomic E-state index is 13.0. The van der Waals surface area contributed by atoms with E-state index in [1.807, 2.05) is 12.1 Å². The second-order valence-corrected chi connectivity index (χ2v) is 8.02. The summed E-state index contributed by atoms with van der Waals surface area (Å²) < 4.78 is 45.0. The van der Waals surface area contributed by atoms with Gasteiger partial charge < -0.3 is 19.5 Å². The lowest BCUT2D eigenvalue weighted by Crippen LogP contribution is -2.35. The fraction of sp³-hybridized carbons (Fsp3) is 0.250. The molecule has 0 unspecified atom stereocenters. The monoisotopic (exact) mass is 457 g/mol. The van der Waals surface area contributed by atoms with Crippen LogP contribution in [-0.4, -0.2) is 42.4 Å². The lowest BCUT2D eigenvalue weighted by Gasteiger charge is -2.26. The molecule has 3 amide bonds. The predicted octanol–water partition coefficient (Wildman–Crippen LogP) is 5.26. The molecule has 1 aromatic heterocycles. The van der Waals surface area contributed by atoms with E-state index in [4.69, 9.17) is 4.42 Å². The minimum absolute atomic E-state index is 0.00123. The summed E-state index contributed by atoms with van der Waals surface area (Å²) in [6, 6.07) is 13.2. The van der Waals surface area contributed by atoms with Crippen LogP contribution in [0.4, 0.5) is 23.7 Å². The smallest absolute Gasteiger partial charge is 0.416 e. The van der Waals surface area contributed by atoms with Crippen molar-refractivity contribution in [2.24, 2.45) is 0 Å². The van der Waals surface area contributed by atoms with Gasteiger partial charge in [-0.25, -0.2) is 4.79 Å². The Morgan fingerprint density at radius 1 is 1.06 bits per heavy atom. The number of anilines is 1. The maximum Gasteiger partial charge on any atom is 0.416 e. The van der Waals surface area contributed by atoms with Gasteiger partial charge in [0.1, 0.15) is 11.5 Å². The molecule has 0 saturated carbocycles. The Morgan fingerprint density at radius 2 is 1.82 bits per heavy atom. The average molecular weight is 457 g/mol. The van der Waals surface area contributed by atoms with Gasteiger partial charge in [-0.2, -0.15) is 13.2 Å². The standard InChI is InChI=1S/C24H22F3N3O3/c1-29(2)23(32)28-19-8-4-5-15(12-19)21-13-17-14-30(10-9-20(17)33-21)22(31)16-6-3-7-18(11-16)24(25,26)27/h3-8,11-13H,9-10,14H2,1-2H3,(H,28,32). The van der Waals surface area contributed by atoms with E-state index >= 15 is 0 Å². The Balaban J connectivity index is 1.52. The van der Waals surface area contributed by atoms with Gasteiger partial charge in [-0.1, -0.05) is 18.2 Å². The molecule has 0 saturated heterocycles. The fourth-order valence-electron chi connectivity index (χ4n) is 3.65. The third-order valence-corrected chi connectivity index (χ3v) is 5.40. The minimum Gasteiger partial charge on any atom is -0.461 e. The van der Waals surface area contributed by atoms with Crippen molar-refractivity contribution in [3.63, 3.8) is 0 Å². The van der Waals surface area contributed by atoms with Crippen molar-refractivity contribution >= 4 is 17.6 Å². The number of nitrogens with one attached hydrogen (secondary N) is 1. The van der Waals surface area contributed by atoms with Gasteiger partial charge >= 0.3 is 12.2 Å². The summed E-state index contributed by atoms with van der Waals surface area (Å²) in [6.07, 6.45) is -4.05. The molecule has 1 aliphatic rings. The van der Waals surface area contributed by atoms with Crippen LogP contribution in [0.3, 0.4) is 0 Å². The molecule has 2 aromatic carbocycles. The molecule has 1 N–H and O–H groups in total. The Kier molecular flexibility index (Phi) is 5.88. The lowest BCUT2D eigenvalue weighted by atomic mass is 10.0. The highest BCUT2D eigenvalue weighted by Gasteiger charge is 2.32. The van der Waals surface area contributed by atoms with Crippen LogP contribution in [0.5, 0.6) is 0 Å². The molecule has 0 atom stereocenters. The van der Waals surface area contributed by atoms with Crippen LogP contribution in [0.15, 0.2) is 59.0 Å². The molecule has 9 heteroatoms. The number of halogens is 3. The Labute approximate surface area is 188 Å². The fourth-order valence-corrected chi connectivity index (χ4v) is 3.65. The molecular weight excluding hydrogens is 435 g/mol. The van der Waals surface area contributed by atoms with Crippen LogP contribution in [0.1, 0.15) is 27.2 Å². The number of urea groups is 1. The van der Waals surface area contributed by atoms with Crippen LogP contribution in [0.2, 0.25) is 0 Å². The van der Waals surface area contributed by atoms with Crippen molar-refractivity contribution in [3.05, 3.63) is 77.0 Å². The number of hydrogen-bond donors (Lipinski definition) is 1. The summed E-state index contributed by atoms with van der Waals surface area (Å²) in [4.78, 5) is 27.7. The van der Waals surface area contributed by atoms with Crippen LogP contribution >= 0.6 is 0 Å². The number of furan rings is 1. The molecule has 1 aliphatic heterocycles. The first-order valence-corrected chi connectivity index (χ1v) is 10.3. The van der Waals surface area contributed by atoms with Crippen LogP contribution in [-0.2, 0) is 19.1 Å². The van der Waals surface area contributed by atoms with Gasteiger partial charge in [0.2, 0.25) is 0 Å². The molecule has 0 radical (unpaired) electrons. The van der Waals surface area contributed by atoms with Gasteiger partial charge in [0.25, 0.3) is 5.91 Å². The van der Waals surface area contributed by atoms with Gasteiger partial charge in [-0.15, -0.1) is 0 Å². The van der Waals surface area contributed by atoms with E-state index in [2.05, 4.69) is 5.32 Å². The van der Waals surface area contributed by atoms with E-state index < -0.39 is 17.6 Å². The summed E-state index contributed by atoms with van der Waals surface area (Å²) in [7, 11) is 3.29. The molecule has 6 nitrogen and oxygen atoms in total. The van der Waals surface area contributed by atoms with Gasteiger partial charge in [-0.05, 0) is 36.4 Å². The molecule has 0 bridgehead atoms. The predicted molar refractivity (Wildman–Crippen MR) is 117 cm³/mol. The molecular formula is C24H22F3N3O3. The highest BCUT2D eigenvalue weighted by Crippen LogP contribution is 2.32. The van der Waals surface area contributed by atoms with E-state index in [-0.39, 0.29) is 18.1 Å². The van der Waals surface area contributed by atoms with E-state index in [1.54, 1.807) is 32.3 Å².